The van der Waals surface area contributed by atoms with Gasteiger partial charge in [-0.3, -0.25) is 4.98 Å². The van der Waals surface area contributed by atoms with Gasteiger partial charge in [-0.15, -0.1) is 11.3 Å². The van der Waals surface area contributed by atoms with E-state index in [9.17, 15) is 0 Å². The summed E-state index contributed by atoms with van der Waals surface area (Å²) in [6.07, 6.45) is 2.15. The molecule has 2 aromatic heterocycles. The Hall–Kier alpha value is -2.25. The molecular formula is C14H9N3S. The molecular weight excluding hydrogens is 242 g/mol. The molecule has 0 bridgehead atoms. The maximum Gasteiger partial charge on any atom is 0.123 e. The van der Waals surface area contributed by atoms with Gasteiger partial charge in [-0.25, -0.2) is 4.98 Å². The third kappa shape index (κ3) is 1.96. The SMILES string of the molecule is N#CCc1csc(-c2ccc3ncccc3c2)n1. The van der Waals surface area contributed by atoms with Crippen LogP contribution in [0.4, 0.5) is 0 Å². The number of fused-ring (bicyclic) bond motifs is 1. The van der Waals surface area contributed by atoms with E-state index in [-0.39, 0.29) is 0 Å². The van der Waals surface area contributed by atoms with Crippen LogP contribution in [0.25, 0.3) is 21.5 Å². The van der Waals surface area contributed by atoms with Gasteiger partial charge in [0.25, 0.3) is 0 Å². The van der Waals surface area contributed by atoms with E-state index in [0.29, 0.717) is 6.42 Å². The summed E-state index contributed by atoms with van der Waals surface area (Å²) in [4.78, 5) is 8.74. The van der Waals surface area contributed by atoms with E-state index in [1.807, 2.05) is 29.6 Å². The zero-order chi connectivity index (χ0) is 12.4. The third-order valence-corrected chi connectivity index (χ3v) is 3.60. The number of hydrogen-bond acceptors (Lipinski definition) is 4. The van der Waals surface area contributed by atoms with Gasteiger partial charge in [-0.1, -0.05) is 6.07 Å². The van der Waals surface area contributed by atoms with Crippen molar-refractivity contribution in [3.8, 4) is 16.6 Å². The standard InChI is InChI=1S/C14H9N3S/c15-6-5-12-9-18-14(17-12)11-3-4-13-10(8-11)2-1-7-16-13/h1-4,7-9H,5H2. The van der Waals surface area contributed by atoms with Gasteiger partial charge in [0.05, 0.1) is 23.7 Å². The molecule has 0 radical (unpaired) electrons. The fourth-order valence-electron chi connectivity index (χ4n) is 1.81. The highest BCUT2D eigenvalue weighted by molar-refractivity contribution is 7.13. The number of nitrogens with zero attached hydrogens (tertiary/aromatic N) is 3. The smallest absolute Gasteiger partial charge is 0.123 e. The van der Waals surface area contributed by atoms with Crippen LogP contribution in [0, 0.1) is 11.3 Å². The number of aromatic nitrogens is 2. The highest BCUT2D eigenvalue weighted by Gasteiger charge is 2.05. The second-order valence-electron chi connectivity index (χ2n) is 3.89. The van der Waals surface area contributed by atoms with Crippen LogP contribution in [0.2, 0.25) is 0 Å². The van der Waals surface area contributed by atoms with E-state index in [4.69, 9.17) is 5.26 Å². The summed E-state index contributed by atoms with van der Waals surface area (Å²) in [5.41, 5.74) is 2.89. The number of thiazole rings is 1. The molecule has 0 saturated heterocycles. The van der Waals surface area contributed by atoms with Gasteiger partial charge in [-0.2, -0.15) is 5.26 Å². The highest BCUT2D eigenvalue weighted by Crippen LogP contribution is 2.26. The Balaban J connectivity index is 2.05. The summed E-state index contributed by atoms with van der Waals surface area (Å²) < 4.78 is 0. The molecule has 0 atom stereocenters. The van der Waals surface area contributed by atoms with Crippen LogP contribution in [-0.2, 0) is 6.42 Å². The van der Waals surface area contributed by atoms with E-state index in [1.54, 1.807) is 17.5 Å². The van der Waals surface area contributed by atoms with Crippen molar-refractivity contribution in [3.05, 3.63) is 47.6 Å². The number of benzene rings is 1. The lowest BCUT2D eigenvalue weighted by Crippen LogP contribution is -1.83. The Morgan fingerprint density at radius 2 is 2.22 bits per heavy atom. The molecule has 0 aliphatic rings. The van der Waals surface area contributed by atoms with Gasteiger partial charge in [-0.05, 0) is 24.3 Å². The van der Waals surface area contributed by atoms with Gasteiger partial charge >= 0.3 is 0 Å². The molecule has 0 spiro atoms. The van der Waals surface area contributed by atoms with E-state index < -0.39 is 0 Å². The molecule has 0 saturated carbocycles. The summed E-state index contributed by atoms with van der Waals surface area (Å²) >= 11 is 1.57. The quantitative estimate of drug-likeness (QED) is 0.701. The van der Waals surface area contributed by atoms with Gasteiger partial charge in [0.15, 0.2) is 0 Å². The van der Waals surface area contributed by atoms with Crippen LogP contribution in [0.15, 0.2) is 41.9 Å². The number of hydrogen-bond donors (Lipinski definition) is 0. The predicted molar refractivity (Wildman–Crippen MR) is 72.2 cm³/mol. The molecule has 86 valence electrons. The molecule has 0 aliphatic carbocycles. The number of rotatable bonds is 2. The maximum atomic E-state index is 8.65. The zero-order valence-electron chi connectivity index (χ0n) is 9.50. The highest BCUT2D eigenvalue weighted by atomic mass is 32.1. The number of pyridine rings is 1. The van der Waals surface area contributed by atoms with Crippen LogP contribution in [0.1, 0.15) is 5.69 Å². The monoisotopic (exact) mass is 251 g/mol. The minimum Gasteiger partial charge on any atom is -0.256 e. The van der Waals surface area contributed by atoms with E-state index in [2.05, 4.69) is 22.1 Å². The van der Waals surface area contributed by atoms with E-state index in [0.717, 1.165) is 27.2 Å². The lowest BCUT2D eigenvalue weighted by atomic mass is 10.1. The minimum absolute atomic E-state index is 0.367. The van der Waals surface area contributed by atoms with Gasteiger partial charge < -0.3 is 0 Å². The molecule has 1 aromatic carbocycles. The van der Waals surface area contributed by atoms with Crippen LogP contribution in [-0.4, -0.2) is 9.97 Å². The van der Waals surface area contributed by atoms with Gasteiger partial charge in [0, 0.05) is 22.5 Å². The van der Waals surface area contributed by atoms with Gasteiger partial charge in [0.2, 0.25) is 0 Å². The molecule has 0 unspecified atom stereocenters. The van der Waals surface area contributed by atoms with Gasteiger partial charge in [0.1, 0.15) is 5.01 Å². The van der Waals surface area contributed by atoms with E-state index in [1.165, 1.54) is 0 Å². The third-order valence-electron chi connectivity index (χ3n) is 2.66. The normalized spacial score (nSPS) is 10.4. The molecule has 3 rings (SSSR count). The Bertz CT molecular complexity index is 740. The molecule has 18 heavy (non-hydrogen) atoms. The molecule has 2 heterocycles. The van der Waals surface area contributed by atoms with Crippen LogP contribution >= 0.6 is 11.3 Å². The van der Waals surface area contributed by atoms with Crippen molar-refractivity contribution in [1.82, 2.24) is 9.97 Å². The Morgan fingerprint density at radius 3 is 3.11 bits per heavy atom. The second kappa shape index (κ2) is 4.55. The largest absolute Gasteiger partial charge is 0.256 e. The van der Waals surface area contributed by atoms with Crippen molar-refractivity contribution in [2.24, 2.45) is 0 Å². The first-order valence-electron chi connectivity index (χ1n) is 5.53. The van der Waals surface area contributed by atoms with Crippen molar-refractivity contribution in [2.45, 2.75) is 6.42 Å². The first-order valence-corrected chi connectivity index (χ1v) is 6.41. The topological polar surface area (TPSA) is 49.6 Å². The first-order chi connectivity index (χ1) is 8.86. The van der Waals surface area contributed by atoms with Crippen molar-refractivity contribution in [2.75, 3.05) is 0 Å². The van der Waals surface area contributed by atoms with Crippen molar-refractivity contribution < 1.29 is 0 Å². The van der Waals surface area contributed by atoms with Crippen molar-refractivity contribution in [1.29, 1.82) is 5.26 Å². The van der Waals surface area contributed by atoms with E-state index >= 15 is 0 Å². The lowest BCUT2D eigenvalue weighted by molar-refractivity contribution is 1.16. The zero-order valence-corrected chi connectivity index (χ0v) is 10.3. The summed E-state index contributed by atoms with van der Waals surface area (Å²) in [5.74, 6) is 0. The Morgan fingerprint density at radius 1 is 1.28 bits per heavy atom. The average molecular weight is 251 g/mol. The predicted octanol–water partition coefficient (Wildman–Crippen LogP) is 3.42. The molecule has 0 aliphatic heterocycles. The molecule has 3 nitrogen and oxygen atoms in total. The molecule has 4 heteroatoms. The van der Waals surface area contributed by atoms with Crippen LogP contribution in [0.3, 0.4) is 0 Å². The molecule has 0 fully saturated rings. The Kier molecular flexibility index (Phi) is 2.75. The second-order valence-corrected chi connectivity index (χ2v) is 4.75. The summed E-state index contributed by atoms with van der Waals surface area (Å²) in [6.45, 7) is 0. The summed E-state index contributed by atoms with van der Waals surface area (Å²) in [6, 6.07) is 12.2. The summed E-state index contributed by atoms with van der Waals surface area (Å²) in [5, 5.41) is 12.6. The van der Waals surface area contributed by atoms with Crippen LogP contribution in [0.5, 0.6) is 0 Å². The molecule has 3 aromatic rings. The maximum absolute atomic E-state index is 8.65. The fraction of sp³-hybridized carbons (Fsp3) is 0.0714. The first kappa shape index (κ1) is 10.9. The lowest BCUT2D eigenvalue weighted by Gasteiger charge is -1.99. The summed E-state index contributed by atoms with van der Waals surface area (Å²) in [7, 11) is 0. The minimum atomic E-state index is 0.367. The van der Waals surface area contributed by atoms with Crippen molar-refractivity contribution in [3.63, 3.8) is 0 Å². The Labute approximate surface area is 108 Å². The average Bonchev–Trinajstić information content (AvgIpc) is 2.87. The molecule has 0 amide bonds. The van der Waals surface area contributed by atoms with Crippen molar-refractivity contribution >= 4 is 22.2 Å². The molecule has 0 N–H and O–H groups in total. The van der Waals surface area contributed by atoms with Crippen LogP contribution < -0.4 is 0 Å². The number of nitriles is 1. The fourth-order valence-corrected chi connectivity index (χ4v) is 2.63.